The number of carboxylic acids is 1. The van der Waals surface area contributed by atoms with Gasteiger partial charge in [-0.3, -0.25) is 4.98 Å². The number of pyridine rings is 1. The lowest BCUT2D eigenvalue weighted by Crippen LogP contribution is -2.14. The predicted molar refractivity (Wildman–Crippen MR) is 65.6 cm³/mol. The summed E-state index contributed by atoms with van der Waals surface area (Å²) < 4.78 is 5.48. The molecule has 2 atom stereocenters. The van der Waals surface area contributed by atoms with Gasteiger partial charge in [-0.05, 0) is 26.3 Å². The van der Waals surface area contributed by atoms with Crippen molar-refractivity contribution < 1.29 is 14.6 Å². The summed E-state index contributed by atoms with van der Waals surface area (Å²) >= 11 is 1.58. The van der Waals surface area contributed by atoms with E-state index in [0.29, 0.717) is 5.25 Å². The summed E-state index contributed by atoms with van der Waals surface area (Å²) in [4.78, 5) is 15.9. The zero-order chi connectivity index (χ0) is 12.4. The van der Waals surface area contributed by atoms with Gasteiger partial charge < -0.3 is 9.84 Å². The Morgan fingerprint density at radius 1 is 1.65 bits per heavy atom. The minimum atomic E-state index is -0.924. The lowest BCUT2D eigenvalue weighted by Gasteiger charge is -2.15. The number of aromatic nitrogens is 1. The molecule has 0 saturated carbocycles. The Kier molecular flexibility index (Phi) is 3.69. The topological polar surface area (TPSA) is 59.4 Å². The number of thioether (sulfide) groups is 1. The molecule has 2 unspecified atom stereocenters. The van der Waals surface area contributed by atoms with Crippen LogP contribution < -0.4 is 0 Å². The van der Waals surface area contributed by atoms with E-state index in [-0.39, 0.29) is 11.7 Å². The van der Waals surface area contributed by atoms with Crippen LogP contribution in [0.5, 0.6) is 0 Å². The predicted octanol–water partition coefficient (Wildman–Crippen LogP) is 2.36. The first-order valence-electron chi connectivity index (χ1n) is 5.56. The van der Waals surface area contributed by atoms with Crippen LogP contribution in [0.15, 0.2) is 17.2 Å². The van der Waals surface area contributed by atoms with E-state index < -0.39 is 5.97 Å². The van der Waals surface area contributed by atoms with Crippen LogP contribution in [-0.4, -0.2) is 34.0 Å². The molecule has 0 amide bonds. The van der Waals surface area contributed by atoms with Gasteiger partial charge in [0.1, 0.15) is 0 Å². The molecular formula is C12H15NO3S. The molecule has 92 valence electrons. The molecule has 0 radical (unpaired) electrons. The third-order valence-corrected chi connectivity index (χ3v) is 4.33. The number of ether oxygens (including phenoxy) is 1. The van der Waals surface area contributed by atoms with Crippen LogP contribution in [0, 0.1) is 6.92 Å². The van der Waals surface area contributed by atoms with E-state index in [2.05, 4.69) is 4.98 Å². The standard InChI is InChI=1S/C12H15NO3S/c1-7-5-11(9(6-13-7)12(14)15)17-10-3-4-16-8(10)2/h5-6,8,10H,3-4H2,1-2H3,(H,14,15). The Hall–Kier alpha value is -1.07. The minimum Gasteiger partial charge on any atom is -0.478 e. The number of rotatable bonds is 3. The largest absolute Gasteiger partial charge is 0.478 e. The van der Waals surface area contributed by atoms with Gasteiger partial charge in [0.15, 0.2) is 0 Å². The van der Waals surface area contributed by atoms with Crippen molar-refractivity contribution in [2.75, 3.05) is 6.61 Å². The molecule has 0 bridgehead atoms. The second kappa shape index (κ2) is 5.06. The summed E-state index contributed by atoms with van der Waals surface area (Å²) in [6.07, 6.45) is 2.57. The third kappa shape index (κ3) is 2.79. The Bertz CT molecular complexity index is 436. The summed E-state index contributed by atoms with van der Waals surface area (Å²) in [5, 5.41) is 9.44. The number of aryl methyl sites for hydroxylation is 1. The van der Waals surface area contributed by atoms with Crippen LogP contribution in [0.4, 0.5) is 0 Å². The summed E-state index contributed by atoms with van der Waals surface area (Å²) in [6.45, 7) is 4.65. The van der Waals surface area contributed by atoms with Crippen LogP contribution in [0.3, 0.4) is 0 Å². The molecule has 0 spiro atoms. The van der Waals surface area contributed by atoms with E-state index >= 15 is 0 Å². The maximum absolute atomic E-state index is 11.1. The normalized spacial score (nSPS) is 23.9. The molecule has 1 aliphatic rings. The first-order valence-corrected chi connectivity index (χ1v) is 6.44. The van der Waals surface area contributed by atoms with Crippen molar-refractivity contribution in [3.8, 4) is 0 Å². The molecule has 1 fully saturated rings. The maximum atomic E-state index is 11.1. The highest BCUT2D eigenvalue weighted by Gasteiger charge is 2.26. The smallest absolute Gasteiger partial charge is 0.338 e. The van der Waals surface area contributed by atoms with Crippen molar-refractivity contribution in [2.24, 2.45) is 0 Å². The SMILES string of the molecule is Cc1cc(SC2CCOC2C)c(C(=O)O)cn1. The second-order valence-corrected chi connectivity index (χ2v) is 5.43. The van der Waals surface area contributed by atoms with Gasteiger partial charge in [-0.2, -0.15) is 0 Å². The highest BCUT2D eigenvalue weighted by Crippen LogP contribution is 2.34. The Balaban J connectivity index is 2.24. The molecule has 4 nitrogen and oxygen atoms in total. The van der Waals surface area contributed by atoms with Gasteiger partial charge in [-0.15, -0.1) is 11.8 Å². The second-order valence-electron chi connectivity index (χ2n) is 4.15. The minimum absolute atomic E-state index is 0.176. The summed E-state index contributed by atoms with van der Waals surface area (Å²) in [5.41, 5.74) is 1.11. The average Bonchev–Trinajstić information content (AvgIpc) is 2.64. The zero-order valence-corrected chi connectivity index (χ0v) is 10.7. The number of carbonyl (C=O) groups is 1. The van der Waals surface area contributed by atoms with E-state index in [1.54, 1.807) is 11.8 Å². The van der Waals surface area contributed by atoms with Gasteiger partial charge in [-0.25, -0.2) is 4.79 Å². The highest BCUT2D eigenvalue weighted by atomic mass is 32.2. The molecule has 1 N–H and O–H groups in total. The van der Waals surface area contributed by atoms with Gasteiger partial charge >= 0.3 is 5.97 Å². The molecule has 1 aliphatic heterocycles. The number of hydrogen-bond donors (Lipinski definition) is 1. The number of aromatic carboxylic acids is 1. The molecule has 2 rings (SSSR count). The van der Waals surface area contributed by atoms with E-state index in [1.165, 1.54) is 6.20 Å². The molecule has 0 aromatic carbocycles. The van der Waals surface area contributed by atoms with E-state index in [1.807, 2.05) is 19.9 Å². The zero-order valence-electron chi connectivity index (χ0n) is 9.84. The van der Waals surface area contributed by atoms with E-state index in [0.717, 1.165) is 23.6 Å². The molecular weight excluding hydrogens is 238 g/mol. The number of hydrogen-bond acceptors (Lipinski definition) is 4. The van der Waals surface area contributed by atoms with Crippen LogP contribution in [0.25, 0.3) is 0 Å². The summed E-state index contributed by atoms with van der Waals surface area (Å²) in [7, 11) is 0. The number of nitrogens with zero attached hydrogens (tertiary/aromatic N) is 1. The summed E-state index contributed by atoms with van der Waals surface area (Å²) in [5.74, 6) is -0.924. The molecule has 1 aromatic rings. The van der Waals surface area contributed by atoms with Crippen molar-refractivity contribution in [1.82, 2.24) is 4.98 Å². The lowest BCUT2D eigenvalue weighted by molar-refractivity contribution is 0.0692. The van der Waals surface area contributed by atoms with Crippen molar-refractivity contribution in [3.63, 3.8) is 0 Å². The van der Waals surface area contributed by atoms with E-state index in [9.17, 15) is 4.79 Å². The fraction of sp³-hybridized carbons (Fsp3) is 0.500. The maximum Gasteiger partial charge on any atom is 0.338 e. The monoisotopic (exact) mass is 253 g/mol. The van der Waals surface area contributed by atoms with Gasteiger partial charge in [0.2, 0.25) is 0 Å². The molecule has 5 heteroatoms. The quantitative estimate of drug-likeness (QED) is 0.896. The molecule has 1 aromatic heterocycles. The molecule has 2 heterocycles. The third-order valence-electron chi connectivity index (χ3n) is 2.82. The van der Waals surface area contributed by atoms with Crippen LogP contribution in [-0.2, 0) is 4.74 Å². The Labute approximate surface area is 104 Å². The van der Waals surface area contributed by atoms with Crippen LogP contribution in [0.2, 0.25) is 0 Å². The van der Waals surface area contributed by atoms with E-state index in [4.69, 9.17) is 9.84 Å². The average molecular weight is 253 g/mol. The lowest BCUT2D eigenvalue weighted by atomic mass is 10.2. The molecule has 0 aliphatic carbocycles. The number of carboxylic acid groups (broad SMARTS) is 1. The van der Waals surface area contributed by atoms with Gasteiger partial charge in [0.05, 0.1) is 11.7 Å². The van der Waals surface area contributed by atoms with Gasteiger partial charge in [0, 0.05) is 28.6 Å². The van der Waals surface area contributed by atoms with Crippen molar-refractivity contribution in [3.05, 3.63) is 23.5 Å². The first-order chi connectivity index (χ1) is 8.08. The fourth-order valence-electron chi connectivity index (χ4n) is 1.82. The first kappa shape index (κ1) is 12.4. The van der Waals surface area contributed by atoms with Crippen molar-refractivity contribution in [2.45, 2.75) is 36.5 Å². The van der Waals surface area contributed by atoms with Crippen molar-refractivity contribution >= 4 is 17.7 Å². The van der Waals surface area contributed by atoms with Gasteiger partial charge in [-0.1, -0.05) is 0 Å². The van der Waals surface area contributed by atoms with Crippen molar-refractivity contribution in [1.29, 1.82) is 0 Å². The Morgan fingerprint density at radius 3 is 3.00 bits per heavy atom. The summed E-state index contributed by atoms with van der Waals surface area (Å²) in [6, 6.07) is 1.83. The van der Waals surface area contributed by atoms with Crippen LogP contribution in [0.1, 0.15) is 29.4 Å². The van der Waals surface area contributed by atoms with Gasteiger partial charge in [0.25, 0.3) is 0 Å². The Morgan fingerprint density at radius 2 is 2.41 bits per heavy atom. The highest BCUT2D eigenvalue weighted by molar-refractivity contribution is 8.00. The fourth-order valence-corrected chi connectivity index (χ4v) is 3.14. The molecule has 17 heavy (non-hydrogen) atoms. The van der Waals surface area contributed by atoms with Crippen LogP contribution >= 0.6 is 11.8 Å². The molecule has 1 saturated heterocycles.